The quantitative estimate of drug-likeness (QED) is 0.594. The van der Waals surface area contributed by atoms with Gasteiger partial charge in [0.05, 0.1) is 0 Å². The van der Waals surface area contributed by atoms with E-state index in [1.165, 1.54) is 64.2 Å². The second-order valence-corrected chi connectivity index (χ2v) is 9.45. The SMILES string of the molecule is CC(CCCC1(C)CCCC1)C1CCC2C(=O)CCCC21C. The summed E-state index contributed by atoms with van der Waals surface area (Å²) in [4.78, 5) is 12.3. The molecule has 0 heterocycles. The van der Waals surface area contributed by atoms with Crippen LogP contribution in [-0.4, -0.2) is 5.78 Å². The van der Waals surface area contributed by atoms with E-state index >= 15 is 0 Å². The first-order valence-corrected chi connectivity index (χ1v) is 9.97. The van der Waals surface area contributed by atoms with Crippen LogP contribution in [-0.2, 0) is 4.79 Å². The van der Waals surface area contributed by atoms with Crippen molar-refractivity contribution >= 4 is 5.78 Å². The lowest BCUT2D eigenvalue weighted by molar-refractivity contribution is -0.130. The predicted molar refractivity (Wildman–Crippen MR) is 92.8 cm³/mol. The summed E-state index contributed by atoms with van der Waals surface area (Å²) in [6.45, 7) is 7.44. The smallest absolute Gasteiger partial charge is 0.136 e. The zero-order chi connectivity index (χ0) is 15.8. The van der Waals surface area contributed by atoms with Gasteiger partial charge in [0.1, 0.15) is 5.78 Å². The van der Waals surface area contributed by atoms with Crippen molar-refractivity contribution in [2.75, 3.05) is 0 Å². The predicted octanol–water partition coefficient (Wildman–Crippen LogP) is 6.16. The van der Waals surface area contributed by atoms with Gasteiger partial charge in [0.25, 0.3) is 0 Å². The van der Waals surface area contributed by atoms with Crippen LogP contribution >= 0.6 is 0 Å². The van der Waals surface area contributed by atoms with Crippen molar-refractivity contribution in [1.29, 1.82) is 0 Å². The molecule has 0 amide bonds. The lowest BCUT2D eigenvalue weighted by atomic mass is 9.62. The number of carbonyl (C=O) groups is 1. The molecule has 4 unspecified atom stereocenters. The highest BCUT2D eigenvalue weighted by molar-refractivity contribution is 5.83. The van der Waals surface area contributed by atoms with Gasteiger partial charge >= 0.3 is 0 Å². The Kier molecular flexibility index (Phi) is 4.72. The van der Waals surface area contributed by atoms with Gasteiger partial charge in [-0.15, -0.1) is 0 Å². The van der Waals surface area contributed by atoms with Crippen molar-refractivity contribution < 1.29 is 4.79 Å². The minimum Gasteiger partial charge on any atom is -0.299 e. The van der Waals surface area contributed by atoms with Crippen LogP contribution in [0.25, 0.3) is 0 Å². The van der Waals surface area contributed by atoms with E-state index in [-0.39, 0.29) is 0 Å². The minimum absolute atomic E-state index is 0.339. The maximum absolute atomic E-state index is 12.3. The Balaban J connectivity index is 1.54. The van der Waals surface area contributed by atoms with Gasteiger partial charge in [-0.2, -0.15) is 0 Å². The van der Waals surface area contributed by atoms with Crippen LogP contribution in [0.3, 0.4) is 0 Å². The molecule has 0 aromatic rings. The number of fused-ring (bicyclic) bond motifs is 1. The first kappa shape index (κ1) is 16.5. The second kappa shape index (κ2) is 6.29. The van der Waals surface area contributed by atoms with Crippen LogP contribution in [0.15, 0.2) is 0 Å². The van der Waals surface area contributed by atoms with E-state index in [1.54, 1.807) is 0 Å². The highest BCUT2D eigenvalue weighted by Gasteiger charge is 2.52. The van der Waals surface area contributed by atoms with Gasteiger partial charge < -0.3 is 0 Å². The van der Waals surface area contributed by atoms with Crippen molar-refractivity contribution in [3.8, 4) is 0 Å². The molecule has 126 valence electrons. The lowest BCUT2D eigenvalue weighted by Crippen LogP contribution is -2.39. The Morgan fingerprint density at radius 3 is 2.55 bits per heavy atom. The maximum Gasteiger partial charge on any atom is 0.136 e. The summed E-state index contributed by atoms with van der Waals surface area (Å²) >= 11 is 0. The molecule has 0 bridgehead atoms. The molecule has 22 heavy (non-hydrogen) atoms. The fourth-order valence-electron chi connectivity index (χ4n) is 6.44. The second-order valence-electron chi connectivity index (χ2n) is 9.45. The standard InChI is InChI=1S/C21H36O/c1-16(8-6-14-20(2)12-4-5-13-20)17-10-11-18-19(22)9-7-15-21(17,18)3/h16-18H,4-15H2,1-3H3. The van der Waals surface area contributed by atoms with Crippen molar-refractivity contribution in [2.45, 2.75) is 97.8 Å². The Bertz CT molecular complexity index is 406. The number of Topliss-reactive ketones (excluding diaryl/α,β-unsaturated/α-hetero) is 1. The number of hydrogen-bond donors (Lipinski definition) is 0. The molecule has 3 aliphatic carbocycles. The summed E-state index contributed by atoms with van der Waals surface area (Å²) in [5.41, 5.74) is 0.995. The van der Waals surface area contributed by atoms with Crippen LogP contribution in [0, 0.1) is 28.6 Å². The molecule has 0 aromatic carbocycles. The number of carbonyl (C=O) groups excluding carboxylic acids is 1. The first-order chi connectivity index (χ1) is 10.4. The number of ketones is 1. The van der Waals surface area contributed by atoms with Crippen LogP contribution in [0.1, 0.15) is 97.8 Å². The third kappa shape index (κ3) is 3.02. The van der Waals surface area contributed by atoms with Crippen molar-refractivity contribution in [1.82, 2.24) is 0 Å². The van der Waals surface area contributed by atoms with Gasteiger partial charge in [-0.1, -0.05) is 46.5 Å². The van der Waals surface area contributed by atoms with Crippen LogP contribution in [0.4, 0.5) is 0 Å². The normalized spacial score (nSPS) is 39.0. The molecule has 3 aliphatic rings. The number of rotatable bonds is 5. The molecule has 3 rings (SSSR count). The fraction of sp³-hybridized carbons (Fsp3) is 0.952. The van der Waals surface area contributed by atoms with Gasteiger partial charge in [-0.05, 0) is 67.6 Å². The molecular formula is C21H36O. The van der Waals surface area contributed by atoms with E-state index < -0.39 is 0 Å². The van der Waals surface area contributed by atoms with Crippen LogP contribution < -0.4 is 0 Å². The average molecular weight is 305 g/mol. The molecule has 0 aromatic heterocycles. The van der Waals surface area contributed by atoms with Crippen molar-refractivity contribution in [3.63, 3.8) is 0 Å². The minimum atomic E-state index is 0.339. The lowest BCUT2D eigenvalue weighted by Gasteiger charge is -2.42. The first-order valence-electron chi connectivity index (χ1n) is 9.97. The zero-order valence-electron chi connectivity index (χ0n) is 15.1. The molecule has 0 spiro atoms. The Labute approximate surface area is 137 Å². The Hall–Kier alpha value is -0.330. The monoisotopic (exact) mass is 304 g/mol. The van der Waals surface area contributed by atoms with E-state index in [4.69, 9.17) is 0 Å². The van der Waals surface area contributed by atoms with E-state index in [9.17, 15) is 4.79 Å². The maximum atomic E-state index is 12.3. The highest BCUT2D eigenvalue weighted by Crippen LogP contribution is 2.57. The van der Waals surface area contributed by atoms with Gasteiger partial charge in [0, 0.05) is 12.3 Å². The zero-order valence-corrected chi connectivity index (χ0v) is 15.1. The largest absolute Gasteiger partial charge is 0.299 e. The summed E-state index contributed by atoms with van der Waals surface area (Å²) in [7, 11) is 0. The van der Waals surface area contributed by atoms with E-state index in [2.05, 4.69) is 20.8 Å². The summed E-state index contributed by atoms with van der Waals surface area (Å²) in [6.07, 6.45) is 15.9. The van der Waals surface area contributed by atoms with E-state index in [0.29, 0.717) is 22.5 Å². The number of hydrogen-bond acceptors (Lipinski definition) is 1. The summed E-state index contributed by atoms with van der Waals surface area (Å²) in [5.74, 6) is 2.60. The van der Waals surface area contributed by atoms with Crippen LogP contribution in [0.2, 0.25) is 0 Å². The summed E-state index contributed by atoms with van der Waals surface area (Å²) < 4.78 is 0. The molecular weight excluding hydrogens is 268 g/mol. The molecule has 0 aliphatic heterocycles. The topological polar surface area (TPSA) is 17.1 Å². The van der Waals surface area contributed by atoms with Gasteiger partial charge in [-0.3, -0.25) is 4.79 Å². The van der Waals surface area contributed by atoms with Crippen LogP contribution in [0.5, 0.6) is 0 Å². The Morgan fingerprint density at radius 2 is 1.82 bits per heavy atom. The fourth-order valence-corrected chi connectivity index (χ4v) is 6.44. The van der Waals surface area contributed by atoms with Crippen molar-refractivity contribution in [2.24, 2.45) is 28.6 Å². The van der Waals surface area contributed by atoms with Gasteiger partial charge in [-0.25, -0.2) is 0 Å². The highest BCUT2D eigenvalue weighted by atomic mass is 16.1. The molecule has 0 saturated heterocycles. The summed E-state index contributed by atoms with van der Waals surface area (Å²) in [5, 5.41) is 0. The van der Waals surface area contributed by atoms with Gasteiger partial charge in [0.15, 0.2) is 0 Å². The van der Waals surface area contributed by atoms with Crippen molar-refractivity contribution in [3.05, 3.63) is 0 Å². The average Bonchev–Trinajstić information content (AvgIpc) is 3.03. The van der Waals surface area contributed by atoms with E-state index in [0.717, 1.165) is 24.7 Å². The molecule has 3 fully saturated rings. The Morgan fingerprint density at radius 1 is 1.09 bits per heavy atom. The molecule has 1 heteroatoms. The molecule has 0 radical (unpaired) electrons. The third-order valence-corrected chi connectivity index (χ3v) is 7.87. The summed E-state index contributed by atoms with van der Waals surface area (Å²) in [6, 6.07) is 0. The van der Waals surface area contributed by atoms with E-state index in [1.807, 2.05) is 0 Å². The van der Waals surface area contributed by atoms with Gasteiger partial charge in [0.2, 0.25) is 0 Å². The third-order valence-electron chi connectivity index (χ3n) is 7.87. The molecule has 1 nitrogen and oxygen atoms in total. The molecule has 4 atom stereocenters. The molecule has 3 saturated carbocycles. The molecule has 0 N–H and O–H groups in total.